The first-order valence-electron chi connectivity index (χ1n) is 12.1. The fraction of sp³-hybridized carbons (Fsp3) is 0.360. The summed E-state index contributed by atoms with van der Waals surface area (Å²) in [7, 11) is 0. The molecule has 2 aliphatic rings. The van der Waals surface area contributed by atoms with Crippen molar-refractivity contribution in [2.45, 2.75) is 25.8 Å². The first-order valence-corrected chi connectivity index (χ1v) is 12.1. The number of nitrogens with one attached hydrogen (secondary N) is 4. The van der Waals surface area contributed by atoms with E-state index < -0.39 is 5.82 Å². The van der Waals surface area contributed by atoms with Gasteiger partial charge in [0.05, 0.1) is 25.5 Å². The number of morpholine rings is 1. The van der Waals surface area contributed by atoms with Crippen molar-refractivity contribution >= 4 is 35.4 Å². The first-order chi connectivity index (χ1) is 17.5. The van der Waals surface area contributed by atoms with E-state index in [-0.39, 0.29) is 12.1 Å². The van der Waals surface area contributed by atoms with Gasteiger partial charge in [-0.25, -0.2) is 14.2 Å². The lowest BCUT2D eigenvalue weighted by Gasteiger charge is -2.35. The highest BCUT2D eigenvalue weighted by molar-refractivity contribution is 5.97. The van der Waals surface area contributed by atoms with Gasteiger partial charge < -0.3 is 30.6 Å². The second-order valence-electron chi connectivity index (χ2n) is 8.97. The number of hydrogen-bond donors (Lipinski definition) is 4. The summed E-state index contributed by atoms with van der Waals surface area (Å²) < 4.78 is 21.1. The summed E-state index contributed by atoms with van der Waals surface area (Å²) in [4.78, 5) is 21.1. The maximum absolute atomic E-state index is 15.5. The van der Waals surface area contributed by atoms with E-state index in [0.717, 1.165) is 19.1 Å². The van der Waals surface area contributed by atoms with Crippen molar-refractivity contribution in [3.8, 4) is 11.1 Å². The van der Waals surface area contributed by atoms with E-state index in [9.17, 15) is 4.79 Å². The molecular formula is C25H29FN8O2. The van der Waals surface area contributed by atoms with Gasteiger partial charge in [0.1, 0.15) is 23.3 Å². The Morgan fingerprint density at radius 2 is 2.06 bits per heavy atom. The number of likely N-dealkylation sites (tertiary alicyclic amines) is 1. The molecule has 0 radical (unpaired) electrons. The standard InChI is InChI=1S/C25H29FN8O2/c1-16-15-36-11-10-34(16)23-13-19(20(14-27)24(31-23)30-22-6-7-28-32-22)18-5-4-17(12-21(18)26)29-25(35)33-8-2-3-9-33/h4-7,12-14,16,27H,2-3,8-11,15H2,1H3,(H,29,35)(H2,28,30,31,32)/t16-/m1/s1. The van der Waals surface area contributed by atoms with E-state index in [4.69, 9.17) is 15.1 Å². The zero-order valence-electron chi connectivity index (χ0n) is 20.1. The number of ether oxygens (including phenoxy) is 1. The summed E-state index contributed by atoms with van der Waals surface area (Å²) in [5, 5.41) is 20.9. The third-order valence-corrected chi connectivity index (χ3v) is 6.51. The summed E-state index contributed by atoms with van der Waals surface area (Å²) >= 11 is 0. The van der Waals surface area contributed by atoms with Gasteiger partial charge in [0.15, 0.2) is 0 Å². The van der Waals surface area contributed by atoms with Crippen LogP contribution in [0.25, 0.3) is 11.1 Å². The van der Waals surface area contributed by atoms with Gasteiger partial charge in [0.25, 0.3) is 0 Å². The molecule has 4 heterocycles. The third-order valence-electron chi connectivity index (χ3n) is 6.51. The Kier molecular flexibility index (Phi) is 6.81. The van der Waals surface area contributed by atoms with Crippen molar-refractivity contribution in [1.82, 2.24) is 20.1 Å². The van der Waals surface area contributed by atoms with Crippen molar-refractivity contribution in [1.29, 1.82) is 5.41 Å². The molecule has 0 aliphatic carbocycles. The Bertz CT molecular complexity index is 1240. The quantitative estimate of drug-likeness (QED) is 0.383. The number of pyridine rings is 1. The molecule has 2 amide bonds. The van der Waals surface area contributed by atoms with E-state index in [1.807, 2.05) is 6.92 Å². The van der Waals surface area contributed by atoms with Crippen molar-refractivity contribution < 1.29 is 13.9 Å². The fourth-order valence-corrected chi connectivity index (χ4v) is 4.61. The highest BCUT2D eigenvalue weighted by Gasteiger charge is 2.24. The molecule has 4 N–H and O–H groups in total. The maximum Gasteiger partial charge on any atom is 0.321 e. The van der Waals surface area contributed by atoms with Crippen LogP contribution in [0.3, 0.4) is 0 Å². The van der Waals surface area contributed by atoms with Crippen LogP contribution in [0.1, 0.15) is 25.3 Å². The molecule has 2 saturated heterocycles. The van der Waals surface area contributed by atoms with Crippen LogP contribution in [-0.4, -0.2) is 71.2 Å². The van der Waals surface area contributed by atoms with Crippen molar-refractivity contribution in [2.24, 2.45) is 0 Å². The Hall–Kier alpha value is -3.99. The Morgan fingerprint density at radius 3 is 2.75 bits per heavy atom. The second kappa shape index (κ2) is 10.3. The minimum Gasteiger partial charge on any atom is -0.377 e. The molecule has 3 aromatic rings. The maximum atomic E-state index is 15.5. The highest BCUT2D eigenvalue weighted by atomic mass is 19.1. The number of amides is 2. The topological polar surface area (TPSA) is 122 Å². The molecule has 1 atom stereocenters. The SMILES string of the molecule is C[C@@H]1COCCN1c1cc(-c2ccc(NC(=O)N3CCCC3)cc2F)c(C=N)c(Nc2ccn[nH]2)n1. The molecule has 36 heavy (non-hydrogen) atoms. The second-order valence-corrected chi connectivity index (χ2v) is 8.97. The van der Waals surface area contributed by atoms with Crippen molar-refractivity contribution in [2.75, 3.05) is 48.4 Å². The van der Waals surface area contributed by atoms with Crippen LogP contribution in [0, 0.1) is 11.2 Å². The summed E-state index contributed by atoms with van der Waals surface area (Å²) in [5.74, 6) is 1.16. The molecule has 0 saturated carbocycles. The van der Waals surface area contributed by atoms with Gasteiger partial charge in [-0.2, -0.15) is 5.10 Å². The number of hydrogen-bond acceptors (Lipinski definition) is 7. The largest absolute Gasteiger partial charge is 0.377 e. The lowest BCUT2D eigenvalue weighted by molar-refractivity contribution is 0.0985. The number of carbonyl (C=O) groups is 1. The molecule has 0 bridgehead atoms. The summed E-state index contributed by atoms with van der Waals surface area (Å²) in [6.07, 6.45) is 4.73. The molecule has 188 valence electrons. The fourth-order valence-electron chi connectivity index (χ4n) is 4.61. The smallest absolute Gasteiger partial charge is 0.321 e. The number of anilines is 4. The number of H-pyrrole nitrogens is 1. The monoisotopic (exact) mass is 492 g/mol. The van der Waals surface area contributed by atoms with Crippen LogP contribution in [0.4, 0.5) is 32.3 Å². The van der Waals surface area contributed by atoms with Crippen molar-refractivity contribution in [3.05, 3.63) is 47.9 Å². The zero-order valence-corrected chi connectivity index (χ0v) is 20.1. The van der Waals surface area contributed by atoms with E-state index in [2.05, 4.69) is 25.7 Å². The Labute approximate surface area is 208 Å². The molecule has 10 nitrogen and oxygen atoms in total. The molecule has 2 aromatic heterocycles. The van der Waals surface area contributed by atoms with Crippen LogP contribution < -0.4 is 15.5 Å². The van der Waals surface area contributed by atoms with Crippen LogP contribution in [0.5, 0.6) is 0 Å². The molecule has 2 fully saturated rings. The minimum atomic E-state index is -0.503. The number of urea groups is 1. The summed E-state index contributed by atoms with van der Waals surface area (Å²) in [5.41, 5.74) is 1.65. The number of aromatic amines is 1. The highest BCUT2D eigenvalue weighted by Crippen LogP contribution is 2.35. The molecule has 0 unspecified atom stereocenters. The van der Waals surface area contributed by atoms with Gasteiger partial charge in [-0.05, 0) is 44.0 Å². The van der Waals surface area contributed by atoms with Crippen LogP contribution in [0.2, 0.25) is 0 Å². The van der Waals surface area contributed by atoms with Crippen molar-refractivity contribution in [3.63, 3.8) is 0 Å². The minimum absolute atomic E-state index is 0.0814. The molecular weight excluding hydrogens is 463 g/mol. The third kappa shape index (κ3) is 4.87. The number of aromatic nitrogens is 3. The van der Waals surface area contributed by atoms with Gasteiger partial charge in [-0.3, -0.25) is 5.10 Å². The average molecular weight is 493 g/mol. The predicted octanol–water partition coefficient (Wildman–Crippen LogP) is 4.20. The number of benzene rings is 1. The Morgan fingerprint density at radius 1 is 1.22 bits per heavy atom. The average Bonchev–Trinajstić information content (AvgIpc) is 3.59. The van der Waals surface area contributed by atoms with Gasteiger partial charge >= 0.3 is 6.03 Å². The van der Waals surface area contributed by atoms with E-state index in [1.165, 1.54) is 6.07 Å². The normalized spacial score (nSPS) is 17.8. The molecule has 1 aromatic carbocycles. The van der Waals surface area contributed by atoms with E-state index in [0.29, 0.717) is 72.7 Å². The van der Waals surface area contributed by atoms with Gasteiger partial charge in [-0.1, -0.05) is 0 Å². The predicted molar refractivity (Wildman–Crippen MR) is 137 cm³/mol. The van der Waals surface area contributed by atoms with Gasteiger partial charge in [0, 0.05) is 54.3 Å². The van der Waals surface area contributed by atoms with Crippen LogP contribution in [0.15, 0.2) is 36.5 Å². The molecule has 5 rings (SSSR count). The van der Waals surface area contributed by atoms with Gasteiger partial charge in [0.2, 0.25) is 0 Å². The lowest BCUT2D eigenvalue weighted by atomic mass is 9.99. The lowest BCUT2D eigenvalue weighted by Crippen LogP contribution is -2.44. The van der Waals surface area contributed by atoms with E-state index in [1.54, 1.807) is 35.4 Å². The first kappa shape index (κ1) is 23.7. The number of carbonyl (C=O) groups excluding carboxylic acids is 1. The molecule has 11 heteroatoms. The summed E-state index contributed by atoms with van der Waals surface area (Å²) in [6.45, 7) is 5.24. The number of rotatable bonds is 6. The number of nitrogens with zero attached hydrogens (tertiary/aromatic N) is 4. The van der Waals surface area contributed by atoms with Crippen LogP contribution >= 0.6 is 0 Å². The van der Waals surface area contributed by atoms with Crippen LogP contribution in [-0.2, 0) is 4.74 Å². The molecule has 2 aliphatic heterocycles. The molecule has 0 spiro atoms. The zero-order chi connectivity index (χ0) is 25.1. The van der Waals surface area contributed by atoms with Gasteiger partial charge in [-0.15, -0.1) is 0 Å². The Balaban J connectivity index is 1.53. The number of halogens is 1. The van der Waals surface area contributed by atoms with E-state index >= 15 is 4.39 Å². The summed E-state index contributed by atoms with van der Waals surface area (Å²) in [6, 6.07) is 8.04.